The molecule has 0 saturated carbocycles. The predicted octanol–water partition coefficient (Wildman–Crippen LogP) is 2.69. The Morgan fingerprint density at radius 3 is 2.78 bits per heavy atom. The third-order valence-electron chi connectivity index (χ3n) is 2.45. The lowest BCUT2D eigenvalue weighted by Gasteiger charge is -2.03. The zero-order valence-corrected chi connectivity index (χ0v) is 10.8. The first-order valence-corrected chi connectivity index (χ1v) is 6.47. The monoisotopic (exact) mass is 262 g/mol. The minimum Gasteiger partial charge on any atom is -0.481 e. The molecule has 0 fully saturated rings. The van der Waals surface area contributed by atoms with Crippen molar-refractivity contribution in [3.05, 3.63) is 46.5 Å². The Bertz CT molecular complexity index is 534. The van der Waals surface area contributed by atoms with E-state index in [1.54, 1.807) is 5.38 Å². The summed E-state index contributed by atoms with van der Waals surface area (Å²) in [5, 5.41) is 14.4. The number of nitrogens with zero attached hydrogens (tertiary/aromatic N) is 1. The van der Waals surface area contributed by atoms with Crippen molar-refractivity contribution >= 4 is 22.4 Å². The fraction of sp³-hybridized carbons (Fsp3) is 0.231. The summed E-state index contributed by atoms with van der Waals surface area (Å²) in [4.78, 5) is 14.7. The van der Waals surface area contributed by atoms with Gasteiger partial charge in [-0.25, -0.2) is 4.98 Å². The fourth-order valence-corrected chi connectivity index (χ4v) is 2.22. The second kappa shape index (κ2) is 5.64. The molecule has 94 valence electrons. The molecule has 2 N–H and O–H groups in total. The number of aliphatic carboxylic acids is 1. The molecule has 0 atom stereocenters. The van der Waals surface area contributed by atoms with Gasteiger partial charge in [0.25, 0.3) is 0 Å². The van der Waals surface area contributed by atoms with Crippen LogP contribution in [0.4, 0.5) is 5.13 Å². The first-order valence-electron chi connectivity index (χ1n) is 5.59. The van der Waals surface area contributed by atoms with Gasteiger partial charge in [-0.05, 0) is 12.5 Å². The van der Waals surface area contributed by atoms with E-state index in [4.69, 9.17) is 5.11 Å². The van der Waals surface area contributed by atoms with Gasteiger partial charge in [0.2, 0.25) is 0 Å². The van der Waals surface area contributed by atoms with Gasteiger partial charge in [-0.15, -0.1) is 11.3 Å². The van der Waals surface area contributed by atoms with Crippen LogP contribution in [0.1, 0.15) is 16.8 Å². The minimum atomic E-state index is -0.856. The Morgan fingerprint density at radius 1 is 1.39 bits per heavy atom. The molecule has 5 heteroatoms. The summed E-state index contributed by atoms with van der Waals surface area (Å²) in [7, 11) is 0. The molecule has 0 radical (unpaired) electrons. The maximum Gasteiger partial charge on any atom is 0.309 e. The number of hydrogen-bond donors (Lipinski definition) is 2. The number of rotatable bonds is 5. The van der Waals surface area contributed by atoms with Crippen molar-refractivity contribution in [1.29, 1.82) is 0 Å². The van der Waals surface area contributed by atoms with Crippen LogP contribution in [-0.2, 0) is 17.8 Å². The van der Waals surface area contributed by atoms with Gasteiger partial charge >= 0.3 is 5.97 Å². The average Bonchev–Trinajstić information content (AvgIpc) is 2.75. The van der Waals surface area contributed by atoms with Gasteiger partial charge in [-0.1, -0.05) is 29.8 Å². The maximum atomic E-state index is 10.5. The molecule has 4 nitrogen and oxygen atoms in total. The summed E-state index contributed by atoms with van der Waals surface area (Å²) in [6, 6.07) is 8.26. The molecule has 0 aliphatic rings. The second-order valence-electron chi connectivity index (χ2n) is 4.05. The second-order valence-corrected chi connectivity index (χ2v) is 4.91. The van der Waals surface area contributed by atoms with Crippen LogP contribution < -0.4 is 5.32 Å². The van der Waals surface area contributed by atoms with Gasteiger partial charge in [0.15, 0.2) is 5.13 Å². The summed E-state index contributed by atoms with van der Waals surface area (Å²) < 4.78 is 0. The Hall–Kier alpha value is -1.88. The van der Waals surface area contributed by atoms with Crippen LogP contribution in [0, 0.1) is 6.92 Å². The van der Waals surface area contributed by atoms with Gasteiger partial charge in [0.05, 0.1) is 12.1 Å². The number of aromatic nitrogens is 1. The first-order chi connectivity index (χ1) is 8.63. The molecule has 0 aliphatic heterocycles. The molecule has 2 aromatic rings. The zero-order valence-electron chi connectivity index (χ0n) is 10.0. The van der Waals surface area contributed by atoms with Gasteiger partial charge in [0, 0.05) is 11.9 Å². The van der Waals surface area contributed by atoms with E-state index >= 15 is 0 Å². The highest BCUT2D eigenvalue weighted by atomic mass is 32.1. The maximum absolute atomic E-state index is 10.5. The highest BCUT2D eigenvalue weighted by molar-refractivity contribution is 7.13. The van der Waals surface area contributed by atoms with Crippen LogP contribution in [0.3, 0.4) is 0 Å². The van der Waals surface area contributed by atoms with E-state index in [0.717, 1.165) is 5.13 Å². The summed E-state index contributed by atoms with van der Waals surface area (Å²) in [5.41, 5.74) is 3.01. The third kappa shape index (κ3) is 3.56. The largest absolute Gasteiger partial charge is 0.481 e. The van der Waals surface area contributed by atoms with E-state index in [1.807, 2.05) is 0 Å². The molecule has 18 heavy (non-hydrogen) atoms. The van der Waals surface area contributed by atoms with Crippen molar-refractivity contribution in [2.45, 2.75) is 19.9 Å². The predicted molar refractivity (Wildman–Crippen MR) is 72.0 cm³/mol. The van der Waals surface area contributed by atoms with Gasteiger partial charge in [-0.2, -0.15) is 0 Å². The smallest absolute Gasteiger partial charge is 0.309 e. The van der Waals surface area contributed by atoms with E-state index in [0.29, 0.717) is 12.2 Å². The Kier molecular flexibility index (Phi) is 3.94. The zero-order chi connectivity index (χ0) is 13.0. The van der Waals surface area contributed by atoms with Crippen molar-refractivity contribution in [3.63, 3.8) is 0 Å². The number of carboxylic acid groups (broad SMARTS) is 1. The topological polar surface area (TPSA) is 62.2 Å². The van der Waals surface area contributed by atoms with E-state index in [1.165, 1.54) is 22.5 Å². The lowest BCUT2D eigenvalue weighted by atomic mass is 10.1. The Morgan fingerprint density at radius 2 is 2.11 bits per heavy atom. The van der Waals surface area contributed by atoms with Crippen LogP contribution in [-0.4, -0.2) is 16.1 Å². The molecule has 0 unspecified atom stereocenters. The molecule has 1 heterocycles. The molecule has 1 aromatic carbocycles. The summed E-state index contributed by atoms with van der Waals surface area (Å²) in [6.45, 7) is 2.75. The highest BCUT2D eigenvalue weighted by Gasteiger charge is 2.05. The van der Waals surface area contributed by atoms with E-state index in [-0.39, 0.29) is 6.42 Å². The SMILES string of the molecule is Cc1ccc(CNc2nc(CC(=O)O)cs2)cc1. The number of hydrogen-bond acceptors (Lipinski definition) is 4. The summed E-state index contributed by atoms with van der Waals surface area (Å²) in [5.74, 6) is -0.856. The lowest BCUT2D eigenvalue weighted by Crippen LogP contribution is -2.02. The normalized spacial score (nSPS) is 10.3. The number of carbonyl (C=O) groups is 1. The molecule has 0 spiro atoms. The Labute approximate surface area is 109 Å². The number of aryl methyl sites for hydroxylation is 1. The fourth-order valence-electron chi connectivity index (χ4n) is 1.51. The lowest BCUT2D eigenvalue weighted by molar-refractivity contribution is -0.136. The van der Waals surface area contributed by atoms with Crippen molar-refractivity contribution in [2.24, 2.45) is 0 Å². The van der Waals surface area contributed by atoms with Gasteiger partial charge < -0.3 is 10.4 Å². The van der Waals surface area contributed by atoms with Crippen molar-refractivity contribution in [3.8, 4) is 0 Å². The van der Waals surface area contributed by atoms with Crippen molar-refractivity contribution in [2.75, 3.05) is 5.32 Å². The van der Waals surface area contributed by atoms with Crippen LogP contribution in [0.25, 0.3) is 0 Å². The van der Waals surface area contributed by atoms with Crippen LogP contribution >= 0.6 is 11.3 Å². The van der Waals surface area contributed by atoms with Crippen LogP contribution in [0.2, 0.25) is 0 Å². The summed E-state index contributed by atoms with van der Waals surface area (Å²) in [6.07, 6.45) is -0.0251. The number of nitrogens with one attached hydrogen (secondary N) is 1. The average molecular weight is 262 g/mol. The number of carboxylic acids is 1. The van der Waals surface area contributed by atoms with E-state index < -0.39 is 5.97 Å². The van der Waals surface area contributed by atoms with Crippen LogP contribution in [0.5, 0.6) is 0 Å². The standard InChI is InChI=1S/C13H14N2O2S/c1-9-2-4-10(5-3-9)7-14-13-15-11(8-18-13)6-12(16)17/h2-5,8H,6-7H2,1H3,(H,14,15)(H,16,17). The summed E-state index contributed by atoms with van der Waals surface area (Å²) >= 11 is 1.43. The Balaban J connectivity index is 1.92. The van der Waals surface area contributed by atoms with E-state index in [2.05, 4.69) is 41.5 Å². The van der Waals surface area contributed by atoms with Crippen molar-refractivity contribution < 1.29 is 9.90 Å². The molecule has 0 aliphatic carbocycles. The quantitative estimate of drug-likeness (QED) is 0.869. The van der Waals surface area contributed by atoms with Gasteiger partial charge in [0.1, 0.15) is 0 Å². The number of thiazole rings is 1. The first kappa shape index (κ1) is 12.6. The highest BCUT2D eigenvalue weighted by Crippen LogP contribution is 2.17. The number of anilines is 1. The molecule has 0 bridgehead atoms. The molecular formula is C13H14N2O2S. The molecule has 1 aromatic heterocycles. The third-order valence-corrected chi connectivity index (χ3v) is 3.30. The number of benzene rings is 1. The van der Waals surface area contributed by atoms with Crippen LogP contribution in [0.15, 0.2) is 29.6 Å². The minimum absolute atomic E-state index is 0.0251. The van der Waals surface area contributed by atoms with Gasteiger partial charge in [-0.3, -0.25) is 4.79 Å². The molecular weight excluding hydrogens is 248 g/mol. The van der Waals surface area contributed by atoms with E-state index in [9.17, 15) is 4.79 Å². The van der Waals surface area contributed by atoms with Crippen molar-refractivity contribution in [1.82, 2.24) is 4.98 Å². The molecule has 0 amide bonds. The molecule has 0 saturated heterocycles. The molecule has 2 rings (SSSR count).